The molecule has 0 bridgehead atoms. The molecule has 7 heteroatoms. The van der Waals surface area contributed by atoms with E-state index < -0.39 is 15.6 Å². The fourth-order valence-corrected chi connectivity index (χ4v) is 2.65. The van der Waals surface area contributed by atoms with Crippen LogP contribution in [0.15, 0.2) is 0 Å². The van der Waals surface area contributed by atoms with Crippen LogP contribution < -0.4 is 15.8 Å². The zero-order chi connectivity index (χ0) is 13.6. The minimum absolute atomic E-state index is 0.110. The van der Waals surface area contributed by atoms with Gasteiger partial charge in [0, 0.05) is 13.1 Å². The lowest BCUT2D eigenvalue weighted by atomic mass is 9.82. The van der Waals surface area contributed by atoms with E-state index >= 15 is 0 Å². The maximum Gasteiger partial charge on any atom is 0.240 e. The van der Waals surface area contributed by atoms with Gasteiger partial charge in [0.15, 0.2) is 0 Å². The molecule has 0 aromatic carbocycles. The van der Waals surface area contributed by atoms with Crippen LogP contribution in [0.4, 0.5) is 0 Å². The summed E-state index contributed by atoms with van der Waals surface area (Å²) in [4.78, 5) is 11.9. The minimum atomic E-state index is -3.14. The molecule has 18 heavy (non-hydrogen) atoms. The average molecular weight is 277 g/mol. The molecule has 0 spiro atoms. The summed E-state index contributed by atoms with van der Waals surface area (Å²) in [6.45, 7) is 0.775. The molecule has 106 valence electrons. The quantitative estimate of drug-likeness (QED) is 0.580. The van der Waals surface area contributed by atoms with E-state index in [1.54, 1.807) is 0 Å². The maximum absolute atomic E-state index is 11.9. The van der Waals surface area contributed by atoms with Gasteiger partial charge in [0.1, 0.15) is 0 Å². The van der Waals surface area contributed by atoms with Crippen molar-refractivity contribution >= 4 is 15.9 Å². The average Bonchev–Trinajstić information content (AvgIpc) is 2.27. The number of amides is 1. The van der Waals surface area contributed by atoms with Gasteiger partial charge in [-0.1, -0.05) is 19.3 Å². The van der Waals surface area contributed by atoms with Crippen molar-refractivity contribution in [1.82, 2.24) is 10.0 Å². The van der Waals surface area contributed by atoms with Crippen LogP contribution in [-0.4, -0.2) is 39.2 Å². The summed E-state index contributed by atoms with van der Waals surface area (Å²) in [6, 6.07) is 0. The van der Waals surface area contributed by atoms with Crippen LogP contribution in [0.1, 0.15) is 38.5 Å². The van der Waals surface area contributed by atoms with E-state index in [-0.39, 0.29) is 5.91 Å². The Bertz CT molecular complexity index is 375. The predicted octanol–water partition coefficient (Wildman–Crippen LogP) is -0.296. The van der Waals surface area contributed by atoms with Gasteiger partial charge in [0.2, 0.25) is 15.9 Å². The second-order valence-corrected chi connectivity index (χ2v) is 6.83. The van der Waals surface area contributed by atoms with Crippen LogP contribution in [0.2, 0.25) is 0 Å². The molecule has 1 rings (SSSR count). The first kappa shape index (κ1) is 15.4. The Balaban J connectivity index is 2.20. The molecular formula is C11H23N3O3S. The van der Waals surface area contributed by atoms with Crippen molar-refractivity contribution in [2.45, 2.75) is 44.1 Å². The van der Waals surface area contributed by atoms with E-state index in [4.69, 9.17) is 5.73 Å². The normalized spacial score (nSPS) is 19.4. The predicted molar refractivity (Wildman–Crippen MR) is 70.5 cm³/mol. The molecule has 0 aromatic rings. The highest BCUT2D eigenvalue weighted by Gasteiger charge is 2.34. The van der Waals surface area contributed by atoms with Crippen LogP contribution in [0.25, 0.3) is 0 Å². The first-order valence-corrected chi connectivity index (χ1v) is 8.24. The van der Waals surface area contributed by atoms with Crippen molar-refractivity contribution < 1.29 is 13.2 Å². The molecule has 0 heterocycles. The van der Waals surface area contributed by atoms with Gasteiger partial charge in [-0.25, -0.2) is 13.1 Å². The molecule has 0 unspecified atom stereocenters. The van der Waals surface area contributed by atoms with Crippen molar-refractivity contribution in [3.05, 3.63) is 0 Å². The van der Waals surface area contributed by atoms with E-state index in [2.05, 4.69) is 10.0 Å². The minimum Gasteiger partial charge on any atom is -0.354 e. The van der Waals surface area contributed by atoms with Crippen molar-refractivity contribution in [1.29, 1.82) is 0 Å². The number of rotatable bonds is 6. The Labute approximate surface area is 109 Å². The van der Waals surface area contributed by atoms with Gasteiger partial charge in [0.05, 0.1) is 11.8 Å². The van der Waals surface area contributed by atoms with Crippen LogP contribution in [0.3, 0.4) is 0 Å². The highest BCUT2D eigenvalue weighted by atomic mass is 32.2. The maximum atomic E-state index is 11.9. The number of carbonyl (C=O) groups excluding carboxylic acids is 1. The Morgan fingerprint density at radius 3 is 2.39 bits per heavy atom. The van der Waals surface area contributed by atoms with E-state index in [1.807, 2.05) is 0 Å². The van der Waals surface area contributed by atoms with Crippen LogP contribution in [0.5, 0.6) is 0 Å². The SMILES string of the molecule is CS(=O)(=O)NCCCNC(=O)C1(N)CCCCC1. The van der Waals surface area contributed by atoms with Gasteiger partial charge in [-0.05, 0) is 19.3 Å². The third kappa shape index (κ3) is 5.32. The van der Waals surface area contributed by atoms with Crippen molar-refractivity contribution in [2.24, 2.45) is 5.73 Å². The molecule has 0 saturated heterocycles. The van der Waals surface area contributed by atoms with Gasteiger partial charge < -0.3 is 11.1 Å². The molecule has 0 atom stereocenters. The molecule has 1 aliphatic carbocycles. The fourth-order valence-electron chi connectivity index (χ4n) is 2.13. The summed E-state index contributed by atoms with van der Waals surface area (Å²) >= 11 is 0. The van der Waals surface area contributed by atoms with Crippen molar-refractivity contribution in [2.75, 3.05) is 19.3 Å². The van der Waals surface area contributed by atoms with Crippen LogP contribution in [-0.2, 0) is 14.8 Å². The largest absolute Gasteiger partial charge is 0.354 e. The number of hydrogen-bond donors (Lipinski definition) is 3. The van der Waals surface area contributed by atoms with Gasteiger partial charge in [-0.2, -0.15) is 0 Å². The van der Waals surface area contributed by atoms with Gasteiger partial charge >= 0.3 is 0 Å². The Hall–Kier alpha value is -0.660. The molecule has 4 N–H and O–H groups in total. The molecule has 0 aliphatic heterocycles. The van der Waals surface area contributed by atoms with E-state index in [9.17, 15) is 13.2 Å². The molecule has 0 aromatic heterocycles. The van der Waals surface area contributed by atoms with Gasteiger partial charge in [0.25, 0.3) is 0 Å². The molecule has 0 radical (unpaired) electrons. The third-order valence-electron chi connectivity index (χ3n) is 3.20. The number of nitrogens with two attached hydrogens (primary N) is 1. The summed E-state index contributed by atoms with van der Waals surface area (Å²) < 4.78 is 24.0. The summed E-state index contributed by atoms with van der Waals surface area (Å²) in [5, 5.41) is 2.78. The Morgan fingerprint density at radius 2 is 1.83 bits per heavy atom. The van der Waals surface area contributed by atoms with Crippen molar-refractivity contribution in [3.63, 3.8) is 0 Å². The second kappa shape index (κ2) is 6.49. The summed E-state index contributed by atoms with van der Waals surface area (Å²) in [6.07, 6.45) is 6.29. The zero-order valence-electron chi connectivity index (χ0n) is 10.9. The lowest BCUT2D eigenvalue weighted by Gasteiger charge is -2.31. The van der Waals surface area contributed by atoms with Crippen molar-refractivity contribution in [3.8, 4) is 0 Å². The highest BCUT2D eigenvalue weighted by molar-refractivity contribution is 7.88. The molecule has 1 fully saturated rings. The molecule has 1 saturated carbocycles. The van der Waals surface area contributed by atoms with E-state index in [0.29, 0.717) is 19.5 Å². The van der Waals surface area contributed by atoms with Gasteiger partial charge in [-0.15, -0.1) is 0 Å². The number of hydrogen-bond acceptors (Lipinski definition) is 4. The third-order valence-corrected chi connectivity index (χ3v) is 3.93. The first-order chi connectivity index (χ1) is 8.33. The Kier molecular flexibility index (Phi) is 5.55. The highest BCUT2D eigenvalue weighted by Crippen LogP contribution is 2.25. The Morgan fingerprint density at radius 1 is 1.22 bits per heavy atom. The summed E-state index contributed by atoms with van der Waals surface area (Å²) in [7, 11) is -3.14. The lowest BCUT2D eigenvalue weighted by molar-refractivity contribution is -0.127. The number of sulfonamides is 1. The van der Waals surface area contributed by atoms with E-state index in [0.717, 1.165) is 38.4 Å². The molecular weight excluding hydrogens is 254 g/mol. The monoisotopic (exact) mass is 277 g/mol. The summed E-state index contributed by atoms with van der Waals surface area (Å²) in [5.41, 5.74) is 5.34. The zero-order valence-corrected chi connectivity index (χ0v) is 11.7. The van der Waals surface area contributed by atoms with Crippen LogP contribution in [0, 0.1) is 0 Å². The molecule has 1 amide bonds. The van der Waals surface area contributed by atoms with Crippen LogP contribution >= 0.6 is 0 Å². The first-order valence-electron chi connectivity index (χ1n) is 6.35. The molecule has 6 nitrogen and oxygen atoms in total. The van der Waals surface area contributed by atoms with E-state index in [1.165, 1.54) is 0 Å². The lowest BCUT2D eigenvalue weighted by Crippen LogP contribution is -2.55. The fraction of sp³-hybridized carbons (Fsp3) is 0.909. The van der Waals surface area contributed by atoms with Gasteiger partial charge in [-0.3, -0.25) is 4.79 Å². The smallest absolute Gasteiger partial charge is 0.240 e. The number of carbonyl (C=O) groups is 1. The standard InChI is InChI=1S/C11H23N3O3S/c1-18(16,17)14-9-5-8-13-10(15)11(12)6-3-2-4-7-11/h14H,2-9,12H2,1H3,(H,13,15). The summed E-state index contributed by atoms with van der Waals surface area (Å²) in [5.74, 6) is -0.110. The second-order valence-electron chi connectivity index (χ2n) is 4.99. The molecule has 1 aliphatic rings. The number of nitrogens with one attached hydrogen (secondary N) is 2. The topological polar surface area (TPSA) is 101 Å².